The average Bonchev–Trinajstić information content (AvgIpc) is 2.45. The minimum atomic E-state index is -3.81. The number of non-ortho nitro benzene ring substituents is 1. The molecule has 0 saturated heterocycles. The molecule has 8 nitrogen and oxygen atoms in total. The van der Waals surface area contributed by atoms with E-state index >= 15 is 0 Å². The Morgan fingerprint density at radius 2 is 1.83 bits per heavy atom. The second kappa shape index (κ2) is 7.61. The van der Waals surface area contributed by atoms with E-state index in [1.54, 1.807) is 0 Å². The van der Waals surface area contributed by atoms with E-state index in [1.807, 2.05) is 20.8 Å². The molecule has 1 rings (SSSR count). The molecule has 0 spiro atoms. The van der Waals surface area contributed by atoms with Crippen LogP contribution in [0.5, 0.6) is 0 Å². The summed E-state index contributed by atoms with van der Waals surface area (Å²) in [4.78, 5) is 22.7. The van der Waals surface area contributed by atoms with Gasteiger partial charge in [0.2, 0.25) is 15.9 Å². The van der Waals surface area contributed by atoms with Crippen LogP contribution < -0.4 is 9.62 Å². The lowest BCUT2D eigenvalue weighted by molar-refractivity contribution is -0.384. The molecule has 0 aliphatic carbocycles. The molecular formula is C15H23N3O5S. The Bertz CT molecular complexity index is 718. The number of anilines is 1. The summed E-state index contributed by atoms with van der Waals surface area (Å²) in [6.07, 6.45) is 0.960. The molecule has 1 aromatic carbocycles. The number of benzene rings is 1. The number of sulfonamides is 1. The third kappa shape index (κ3) is 4.92. The smallest absolute Gasteiger partial charge is 0.271 e. The van der Waals surface area contributed by atoms with E-state index in [4.69, 9.17) is 0 Å². The van der Waals surface area contributed by atoms with Crippen LogP contribution in [0.1, 0.15) is 27.7 Å². The molecule has 0 radical (unpaired) electrons. The summed E-state index contributed by atoms with van der Waals surface area (Å²) in [5.41, 5.74) is -0.171. The summed E-state index contributed by atoms with van der Waals surface area (Å²) in [6.45, 7) is 7.14. The standard InChI is InChI=1S/C15H23N3O5S/c1-10(2)11(3)16-15(19)12(4)17(24(5,22)23)13-7-6-8-14(9-13)18(20)21/h6-12H,1-5H3,(H,16,19)/t11-,12-/m0/s1. The Balaban J connectivity index is 3.21. The zero-order valence-electron chi connectivity index (χ0n) is 14.4. The molecular weight excluding hydrogens is 334 g/mol. The molecule has 24 heavy (non-hydrogen) atoms. The van der Waals surface area contributed by atoms with E-state index in [2.05, 4.69) is 5.32 Å². The fourth-order valence-electron chi connectivity index (χ4n) is 2.06. The molecule has 0 aliphatic heterocycles. The van der Waals surface area contributed by atoms with Gasteiger partial charge in [-0.2, -0.15) is 0 Å². The summed E-state index contributed by atoms with van der Waals surface area (Å²) in [5.74, 6) is -0.279. The molecule has 1 N–H and O–H groups in total. The van der Waals surface area contributed by atoms with E-state index in [0.717, 1.165) is 16.6 Å². The van der Waals surface area contributed by atoms with Crippen molar-refractivity contribution in [3.8, 4) is 0 Å². The van der Waals surface area contributed by atoms with Crippen LogP contribution in [-0.4, -0.2) is 37.6 Å². The van der Waals surface area contributed by atoms with Crippen LogP contribution in [0, 0.1) is 16.0 Å². The Labute approximate surface area is 142 Å². The van der Waals surface area contributed by atoms with Gasteiger partial charge in [-0.1, -0.05) is 19.9 Å². The molecule has 0 heterocycles. The lowest BCUT2D eigenvalue weighted by Gasteiger charge is -2.29. The van der Waals surface area contributed by atoms with Crippen molar-refractivity contribution in [2.24, 2.45) is 5.92 Å². The number of amides is 1. The van der Waals surface area contributed by atoms with Gasteiger partial charge in [-0.3, -0.25) is 19.2 Å². The van der Waals surface area contributed by atoms with Gasteiger partial charge in [-0.15, -0.1) is 0 Å². The minimum Gasteiger partial charge on any atom is -0.352 e. The van der Waals surface area contributed by atoms with Crippen LogP contribution in [0.4, 0.5) is 11.4 Å². The van der Waals surface area contributed by atoms with Crippen molar-refractivity contribution < 1.29 is 18.1 Å². The third-order valence-electron chi connectivity index (χ3n) is 3.75. The van der Waals surface area contributed by atoms with Gasteiger partial charge in [0.15, 0.2) is 0 Å². The van der Waals surface area contributed by atoms with Gasteiger partial charge in [-0.05, 0) is 25.8 Å². The van der Waals surface area contributed by atoms with E-state index in [9.17, 15) is 23.3 Å². The Morgan fingerprint density at radius 3 is 2.29 bits per heavy atom. The van der Waals surface area contributed by atoms with Crippen LogP contribution in [-0.2, 0) is 14.8 Å². The highest BCUT2D eigenvalue weighted by Crippen LogP contribution is 2.25. The van der Waals surface area contributed by atoms with Crippen LogP contribution in [0.3, 0.4) is 0 Å². The molecule has 9 heteroatoms. The maximum absolute atomic E-state index is 12.4. The number of nitrogens with zero attached hydrogens (tertiary/aromatic N) is 2. The van der Waals surface area contributed by atoms with Gasteiger partial charge < -0.3 is 5.32 Å². The molecule has 2 atom stereocenters. The summed E-state index contributed by atoms with van der Waals surface area (Å²) in [5, 5.41) is 13.7. The fraction of sp³-hybridized carbons (Fsp3) is 0.533. The van der Waals surface area contributed by atoms with Gasteiger partial charge in [0.05, 0.1) is 16.9 Å². The van der Waals surface area contributed by atoms with Gasteiger partial charge in [0.1, 0.15) is 6.04 Å². The lowest BCUT2D eigenvalue weighted by atomic mass is 10.1. The van der Waals surface area contributed by atoms with Gasteiger partial charge in [0, 0.05) is 18.2 Å². The Hall–Kier alpha value is -2.16. The second-order valence-electron chi connectivity index (χ2n) is 6.05. The van der Waals surface area contributed by atoms with E-state index < -0.39 is 26.9 Å². The maximum Gasteiger partial charge on any atom is 0.271 e. The Morgan fingerprint density at radius 1 is 1.25 bits per heavy atom. The number of carbonyl (C=O) groups is 1. The first-order valence-electron chi connectivity index (χ1n) is 7.49. The largest absolute Gasteiger partial charge is 0.352 e. The van der Waals surface area contributed by atoms with Crippen molar-refractivity contribution in [2.75, 3.05) is 10.6 Å². The van der Waals surface area contributed by atoms with Crippen molar-refractivity contribution in [2.45, 2.75) is 39.8 Å². The van der Waals surface area contributed by atoms with Crippen LogP contribution in [0.25, 0.3) is 0 Å². The number of hydrogen-bond acceptors (Lipinski definition) is 5. The molecule has 0 fully saturated rings. The highest BCUT2D eigenvalue weighted by atomic mass is 32.2. The fourth-order valence-corrected chi connectivity index (χ4v) is 3.23. The predicted octanol–water partition coefficient (Wildman–Crippen LogP) is 1.91. The molecule has 0 saturated carbocycles. The second-order valence-corrected chi connectivity index (χ2v) is 7.91. The number of carbonyl (C=O) groups excluding carboxylic acids is 1. The van der Waals surface area contributed by atoms with Crippen LogP contribution in [0.15, 0.2) is 24.3 Å². The molecule has 134 valence electrons. The van der Waals surface area contributed by atoms with Crippen molar-refractivity contribution in [3.63, 3.8) is 0 Å². The first-order chi connectivity index (χ1) is 10.9. The molecule has 0 aliphatic rings. The lowest BCUT2D eigenvalue weighted by Crippen LogP contribution is -2.50. The van der Waals surface area contributed by atoms with Gasteiger partial charge >= 0.3 is 0 Å². The minimum absolute atomic E-state index is 0.0755. The number of nitro benzene ring substituents is 1. The van der Waals surface area contributed by atoms with Crippen molar-refractivity contribution >= 4 is 27.3 Å². The number of nitro groups is 1. The number of nitrogens with one attached hydrogen (secondary N) is 1. The Kier molecular flexibility index (Phi) is 6.30. The van der Waals surface area contributed by atoms with Gasteiger partial charge in [-0.25, -0.2) is 8.42 Å². The topological polar surface area (TPSA) is 110 Å². The first kappa shape index (κ1) is 19.9. The summed E-state index contributed by atoms with van der Waals surface area (Å²) in [7, 11) is -3.81. The maximum atomic E-state index is 12.4. The van der Waals surface area contributed by atoms with E-state index in [1.165, 1.54) is 25.1 Å². The van der Waals surface area contributed by atoms with Crippen molar-refractivity contribution in [1.29, 1.82) is 0 Å². The number of rotatable bonds is 7. The van der Waals surface area contributed by atoms with Crippen LogP contribution >= 0.6 is 0 Å². The normalized spacial score (nSPS) is 14.1. The van der Waals surface area contributed by atoms with Gasteiger partial charge in [0.25, 0.3) is 5.69 Å². The summed E-state index contributed by atoms with van der Waals surface area (Å²) >= 11 is 0. The zero-order chi connectivity index (χ0) is 18.7. The molecule has 0 unspecified atom stereocenters. The predicted molar refractivity (Wildman–Crippen MR) is 92.3 cm³/mol. The van der Waals surface area contributed by atoms with Crippen molar-refractivity contribution in [3.05, 3.63) is 34.4 Å². The van der Waals surface area contributed by atoms with Crippen molar-refractivity contribution in [1.82, 2.24) is 5.32 Å². The molecule has 1 aromatic rings. The third-order valence-corrected chi connectivity index (χ3v) is 5.00. The van der Waals surface area contributed by atoms with E-state index in [-0.39, 0.29) is 23.3 Å². The van der Waals surface area contributed by atoms with E-state index in [0.29, 0.717) is 0 Å². The molecule has 1 amide bonds. The zero-order valence-corrected chi connectivity index (χ0v) is 15.2. The SMILES string of the molecule is CC(C)[C@H](C)NC(=O)[C@H](C)N(c1cccc([N+](=O)[O-])c1)S(C)(=O)=O. The molecule has 0 aromatic heterocycles. The highest BCUT2D eigenvalue weighted by Gasteiger charge is 2.30. The molecule has 0 bridgehead atoms. The van der Waals surface area contributed by atoms with Crippen LogP contribution in [0.2, 0.25) is 0 Å². The average molecular weight is 357 g/mol. The highest BCUT2D eigenvalue weighted by molar-refractivity contribution is 7.92. The quantitative estimate of drug-likeness (QED) is 0.592. The summed E-state index contributed by atoms with van der Waals surface area (Å²) < 4.78 is 25.2. The summed E-state index contributed by atoms with van der Waals surface area (Å²) in [6, 6.07) is 4.03. The first-order valence-corrected chi connectivity index (χ1v) is 9.34. The monoisotopic (exact) mass is 357 g/mol. The number of hydrogen-bond donors (Lipinski definition) is 1.